The van der Waals surface area contributed by atoms with E-state index >= 15 is 0 Å². The summed E-state index contributed by atoms with van der Waals surface area (Å²) >= 11 is 0. The molecule has 13 heteroatoms. The summed E-state index contributed by atoms with van der Waals surface area (Å²) in [6, 6.07) is 12.4. The fourth-order valence-electron chi connectivity index (χ4n) is 5.35. The number of amides is 1. The lowest BCUT2D eigenvalue weighted by atomic mass is 10.1. The van der Waals surface area contributed by atoms with Crippen LogP contribution in [0.3, 0.4) is 0 Å². The average molecular weight is 583 g/mol. The van der Waals surface area contributed by atoms with Crippen molar-refractivity contribution in [2.24, 2.45) is 0 Å². The van der Waals surface area contributed by atoms with E-state index in [1.807, 2.05) is 29.2 Å². The molecule has 1 aliphatic carbocycles. The van der Waals surface area contributed by atoms with E-state index in [4.69, 9.17) is 14.8 Å². The molecule has 2 aliphatic rings. The lowest BCUT2D eigenvalue weighted by molar-refractivity contribution is -0.384. The molecule has 1 aliphatic heterocycles. The summed E-state index contributed by atoms with van der Waals surface area (Å²) in [7, 11) is 1.49. The Kier molecular flexibility index (Phi) is 7.45. The fraction of sp³-hybridized carbons (Fsp3) is 0.300. The second kappa shape index (κ2) is 11.5. The van der Waals surface area contributed by atoms with Crippen LogP contribution in [0.4, 0.5) is 23.0 Å². The quantitative estimate of drug-likeness (QED) is 0.171. The van der Waals surface area contributed by atoms with Gasteiger partial charge in [0.2, 0.25) is 11.9 Å². The molecule has 0 atom stereocenters. The van der Waals surface area contributed by atoms with Gasteiger partial charge in [-0.3, -0.25) is 19.7 Å². The number of aromatic nitrogens is 4. The second-order valence-electron chi connectivity index (χ2n) is 10.5. The van der Waals surface area contributed by atoms with Crippen molar-refractivity contribution in [1.82, 2.24) is 24.6 Å². The first-order valence-electron chi connectivity index (χ1n) is 14.0. The van der Waals surface area contributed by atoms with Crippen molar-refractivity contribution in [3.8, 4) is 22.7 Å². The van der Waals surface area contributed by atoms with Crippen LogP contribution in [0.5, 0.6) is 5.75 Å². The zero-order valence-corrected chi connectivity index (χ0v) is 23.8. The SMILES string of the molecule is COc1cc(N2CCN(C(C)=O)CC2)c([N+](=O)[O-])cc1Nc1nccc(-c2ccccc2-n2cc(C=O)c(C3CC3)n2)n1. The Morgan fingerprint density at radius 2 is 1.88 bits per heavy atom. The first kappa shape index (κ1) is 27.8. The van der Waals surface area contributed by atoms with Gasteiger partial charge in [-0.15, -0.1) is 0 Å². The smallest absolute Gasteiger partial charge is 0.294 e. The summed E-state index contributed by atoms with van der Waals surface area (Å²) in [6.45, 7) is 3.41. The Morgan fingerprint density at radius 3 is 2.56 bits per heavy atom. The number of carbonyl (C=O) groups is 2. The summed E-state index contributed by atoms with van der Waals surface area (Å²) < 4.78 is 7.32. The number of nitro groups is 1. The number of nitrogens with one attached hydrogen (secondary N) is 1. The standard InChI is InChI=1S/C30H30N8O5/c1-19(40)35-11-13-36(14-12-35)26-16-28(43-2)24(15-27(26)38(41)42)33-30-31-10-9-23(32-30)22-5-3-4-6-25(22)37-17-21(18-39)29(34-37)20-7-8-20/h3-6,9-10,15-18,20H,7-8,11-14H2,1-2H3,(H,31,32,33). The van der Waals surface area contributed by atoms with Crippen LogP contribution in [0, 0.1) is 10.1 Å². The van der Waals surface area contributed by atoms with Crippen LogP contribution >= 0.6 is 0 Å². The van der Waals surface area contributed by atoms with Gasteiger partial charge in [-0.05, 0) is 25.0 Å². The van der Waals surface area contributed by atoms with Gasteiger partial charge >= 0.3 is 0 Å². The average Bonchev–Trinajstić information content (AvgIpc) is 3.79. The van der Waals surface area contributed by atoms with Crippen molar-refractivity contribution >= 4 is 35.2 Å². The number of nitrogens with zero attached hydrogens (tertiary/aromatic N) is 7. The number of piperazine rings is 1. The lowest BCUT2D eigenvalue weighted by Gasteiger charge is -2.35. The Labute approximate surface area is 247 Å². The van der Waals surface area contributed by atoms with Gasteiger partial charge in [-0.25, -0.2) is 14.6 Å². The van der Waals surface area contributed by atoms with E-state index < -0.39 is 4.92 Å². The van der Waals surface area contributed by atoms with Crippen LogP contribution in [0.15, 0.2) is 54.9 Å². The van der Waals surface area contributed by atoms with E-state index in [9.17, 15) is 19.7 Å². The van der Waals surface area contributed by atoms with Crippen LogP contribution in [0.25, 0.3) is 16.9 Å². The van der Waals surface area contributed by atoms with Gasteiger partial charge in [-0.2, -0.15) is 5.10 Å². The number of rotatable bonds is 9. The van der Waals surface area contributed by atoms with Crippen LogP contribution in [-0.2, 0) is 4.79 Å². The molecule has 0 spiro atoms. The van der Waals surface area contributed by atoms with Gasteiger partial charge < -0.3 is 19.9 Å². The zero-order chi connectivity index (χ0) is 30.1. The highest BCUT2D eigenvalue weighted by Gasteiger charge is 2.30. The number of benzene rings is 2. The number of hydrogen-bond donors (Lipinski definition) is 1. The van der Waals surface area contributed by atoms with Crippen molar-refractivity contribution in [2.45, 2.75) is 25.7 Å². The second-order valence-corrected chi connectivity index (χ2v) is 10.5. The minimum absolute atomic E-state index is 0.0190. The maximum absolute atomic E-state index is 12.1. The third kappa shape index (κ3) is 5.61. The molecule has 220 valence electrons. The van der Waals surface area contributed by atoms with Crippen LogP contribution in [-0.4, -0.2) is 75.1 Å². The molecule has 2 aromatic heterocycles. The number of carbonyl (C=O) groups excluding carboxylic acids is 2. The molecule has 1 saturated heterocycles. The third-order valence-electron chi connectivity index (χ3n) is 7.75. The van der Waals surface area contributed by atoms with Crippen LogP contribution in [0.1, 0.15) is 41.7 Å². The van der Waals surface area contributed by atoms with E-state index in [2.05, 4.69) is 10.3 Å². The maximum atomic E-state index is 12.1. The molecule has 3 heterocycles. The number of para-hydroxylation sites is 1. The number of nitro benzene ring substituents is 1. The minimum Gasteiger partial charge on any atom is -0.494 e. The first-order chi connectivity index (χ1) is 20.9. The number of anilines is 3. The highest BCUT2D eigenvalue weighted by Crippen LogP contribution is 2.42. The summed E-state index contributed by atoms with van der Waals surface area (Å²) in [4.78, 5) is 47.8. The van der Waals surface area contributed by atoms with Gasteiger partial charge in [-0.1, -0.05) is 18.2 Å². The summed E-state index contributed by atoms with van der Waals surface area (Å²) in [5.74, 6) is 0.901. The summed E-state index contributed by atoms with van der Waals surface area (Å²) in [5.41, 5.74) is 4.17. The Bertz CT molecular complexity index is 1710. The van der Waals surface area contributed by atoms with Crippen LogP contribution in [0.2, 0.25) is 0 Å². The normalized spacial score (nSPS) is 14.8. The van der Waals surface area contributed by atoms with Crippen LogP contribution < -0.4 is 15.0 Å². The van der Waals surface area contributed by atoms with E-state index in [1.54, 1.807) is 34.1 Å². The van der Waals surface area contributed by atoms with Gasteiger partial charge in [0, 0.05) is 69.1 Å². The van der Waals surface area contributed by atoms with Gasteiger partial charge in [0.15, 0.2) is 6.29 Å². The molecule has 2 aromatic carbocycles. The van der Waals surface area contributed by atoms with Crippen molar-refractivity contribution in [3.63, 3.8) is 0 Å². The number of hydrogen-bond acceptors (Lipinski definition) is 10. The molecule has 1 N–H and O–H groups in total. The summed E-state index contributed by atoms with van der Waals surface area (Å²) in [5, 5.41) is 19.9. The number of aldehydes is 1. The Balaban J connectivity index is 1.31. The van der Waals surface area contributed by atoms with Crippen molar-refractivity contribution in [2.75, 3.05) is 43.5 Å². The predicted molar refractivity (Wildman–Crippen MR) is 159 cm³/mol. The highest BCUT2D eigenvalue weighted by molar-refractivity contribution is 5.79. The third-order valence-corrected chi connectivity index (χ3v) is 7.75. The van der Waals surface area contributed by atoms with Gasteiger partial charge in [0.05, 0.1) is 40.4 Å². The highest BCUT2D eigenvalue weighted by atomic mass is 16.6. The molecule has 4 aromatic rings. The topological polar surface area (TPSA) is 149 Å². The Hall–Kier alpha value is -5.33. The molecular weight excluding hydrogens is 552 g/mol. The molecule has 6 rings (SSSR count). The van der Waals surface area contributed by atoms with Gasteiger partial charge in [0.25, 0.3) is 5.69 Å². The van der Waals surface area contributed by atoms with E-state index in [0.717, 1.165) is 36.1 Å². The zero-order valence-electron chi connectivity index (χ0n) is 23.8. The molecular formula is C30H30N8O5. The lowest BCUT2D eigenvalue weighted by Crippen LogP contribution is -2.48. The van der Waals surface area contributed by atoms with Crippen molar-refractivity contribution in [3.05, 3.63) is 76.2 Å². The maximum Gasteiger partial charge on any atom is 0.294 e. The monoisotopic (exact) mass is 582 g/mol. The molecule has 1 saturated carbocycles. The fourth-order valence-corrected chi connectivity index (χ4v) is 5.35. The molecule has 0 unspecified atom stereocenters. The predicted octanol–water partition coefficient (Wildman–Crippen LogP) is 4.35. The number of methoxy groups -OCH3 is 1. The Morgan fingerprint density at radius 1 is 1.12 bits per heavy atom. The molecule has 2 fully saturated rings. The largest absolute Gasteiger partial charge is 0.494 e. The van der Waals surface area contributed by atoms with Crippen molar-refractivity contribution < 1.29 is 19.2 Å². The molecule has 43 heavy (non-hydrogen) atoms. The number of ether oxygens (including phenoxy) is 1. The molecule has 0 bridgehead atoms. The van der Waals surface area contributed by atoms with Crippen molar-refractivity contribution in [1.29, 1.82) is 0 Å². The van der Waals surface area contributed by atoms with Gasteiger partial charge in [0.1, 0.15) is 11.4 Å². The summed E-state index contributed by atoms with van der Waals surface area (Å²) in [6.07, 6.45) is 6.24. The molecule has 0 radical (unpaired) electrons. The first-order valence-corrected chi connectivity index (χ1v) is 14.0. The van der Waals surface area contributed by atoms with E-state index in [1.165, 1.54) is 20.1 Å². The van der Waals surface area contributed by atoms with E-state index in [0.29, 0.717) is 60.5 Å². The molecule has 13 nitrogen and oxygen atoms in total. The molecule has 1 amide bonds. The van der Waals surface area contributed by atoms with E-state index in [-0.39, 0.29) is 17.5 Å². The minimum atomic E-state index is -0.432.